The molecule has 1 aromatic heterocycles. The van der Waals surface area contributed by atoms with E-state index in [-0.39, 0.29) is 12.5 Å². The van der Waals surface area contributed by atoms with E-state index in [0.29, 0.717) is 13.0 Å². The van der Waals surface area contributed by atoms with Gasteiger partial charge >= 0.3 is 6.18 Å². The van der Waals surface area contributed by atoms with E-state index in [1.165, 1.54) is 0 Å². The van der Waals surface area contributed by atoms with Crippen LogP contribution in [0.25, 0.3) is 0 Å². The fourth-order valence-corrected chi connectivity index (χ4v) is 2.19. The van der Waals surface area contributed by atoms with Gasteiger partial charge in [0, 0.05) is 31.1 Å². The van der Waals surface area contributed by atoms with E-state index in [1.807, 2.05) is 31.5 Å². The van der Waals surface area contributed by atoms with Gasteiger partial charge in [0.15, 0.2) is 0 Å². The van der Waals surface area contributed by atoms with Crippen molar-refractivity contribution in [3.8, 4) is 0 Å². The second kappa shape index (κ2) is 6.93. The summed E-state index contributed by atoms with van der Waals surface area (Å²) in [5, 5.41) is 7.44. The molecule has 1 N–H and O–H groups in total. The second-order valence-corrected chi connectivity index (χ2v) is 4.71. The van der Waals surface area contributed by atoms with E-state index in [4.69, 9.17) is 0 Å². The first-order chi connectivity index (χ1) is 8.85. The van der Waals surface area contributed by atoms with E-state index in [0.717, 1.165) is 17.9 Å². The molecule has 110 valence electrons. The number of nitrogens with one attached hydrogen (secondary N) is 1. The van der Waals surface area contributed by atoms with E-state index in [9.17, 15) is 13.2 Å². The van der Waals surface area contributed by atoms with Crippen LogP contribution < -0.4 is 5.32 Å². The van der Waals surface area contributed by atoms with Crippen molar-refractivity contribution in [2.24, 2.45) is 0 Å². The fourth-order valence-electron chi connectivity index (χ4n) is 2.19. The maximum atomic E-state index is 12.3. The molecule has 19 heavy (non-hydrogen) atoms. The van der Waals surface area contributed by atoms with Gasteiger partial charge in [0.2, 0.25) is 0 Å². The zero-order valence-electron chi connectivity index (χ0n) is 11.7. The number of aromatic nitrogens is 2. The van der Waals surface area contributed by atoms with Crippen LogP contribution in [-0.4, -0.2) is 28.5 Å². The molecule has 0 aromatic carbocycles. The first-order valence-corrected chi connectivity index (χ1v) is 6.69. The summed E-state index contributed by atoms with van der Waals surface area (Å²) >= 11 is 0. The fraction of sp³-hybridized carbons (Fsp3) is 0.769. The Bertz CT molecular complexity index is 385. The Labute approximate surface area is 112 Å². The first-order valence-electron chi connectivity index (χ1n) is 6.69. The Morgan fingerprint density at radius 2 is 2.05 bits per heavy atom. The molecule has 3 nitrogen and oxygen atoms in total. The van der Waals surface area contributed by atoms with Gasteiger partial charge in [-0.3, -0.25) is 4.68 Å². The van der Waals surface area contributed by atoms with Crippen molar-refractivity contribution in [3.63, 3.8) is 0 Å². The molecule has 1 atom stereocenters. The lowest BCUT2D eigenvalue weighted by Gasteiger charge is -2.19. The third-order valence-electron chi connectivity index (χ3n) is 3.01. The van der Waals surface area contributed by atoms with Crippen molar-refractivity contribution < 1.29 is 13.2 Å². The molecule has 0 aliphatic rings. The molecule has 0 radical (unpaired) electrons. The molecule has 0 saturated heterocycles. The summed E-state index contributed by atoms with van der Waals surface area (Å²) < 4.78 is 38.8. The predicted molar refractivity (Wildman–Crippen MR) is 69.1 cm³/mol. The number of rotatable bonds is 7. The Morgan fingerprint density at radius 1 is 1.37 bits per heavy atom. The smallest absolute Gasteiger partial charge is 0.314 e. The van der Waals surface area contributed by atoms with Crippen LogP contribution in [0.1, 0.15) is 38.1 Å². The molecule has 1 unspecified atom stereocenters. The zero-order valence-corrected chi connectivity index (χ0v) is 11.7. The maximum Gasteiger partial charge on any atom is 0.389 e. The molecule has 0 spiro atoms. The maximum absolute atomic E-state index is 12.3. The van der Waals surface area contributed by atoms with Crippen LogP contribution in [-0.2, 0) is 13.0 Å². The molecule has 0 fully saturated rings. The summed E-state index contributed by atoms with van der Waals surface area (Å²) in [4.78, 5) is 0. The number of likely N-dealkylation sites (N-methyl/N-ethyl adjacent to an activating group) is 1. The lowest BCUT2D eigenvalue weighted by Crippen LogP contribution is -2.33. The molecule has 0 amide bonds. The molecule has 0 bridgehead atoms. The van der Waals surface area contributed by atoms with Crippen LogP contribution in [0.2, 0.25) is 0 Å². The van der Waals surface area contributed by atoms with Gasteiger partial charge in [0.1, 0.15) is 0 Å². The molecule has 0 aliphatic carbocycles. The van der Waals surface area contributed by atoms with Crippen LogP contribution >= 0.6 is 0 Å². The Morgan fingerprint density at radius 3 is 2.58 bits per heavy atom. The molecular weight excluding hydrogens is 255 g/mol. The Kier molecular flexibility index (Phi) is 5.85. The average molecular weight is 277 g/mol. The van der Waals surface area contributed by atoms with E-state index < -0.39 is 12.6 Å². The lowest BCUT2D eigenvalue weighted by molar-refractivity contribution is -0.136. The van der Waals surface area contributed by atoms with Gasteiger partial charge in [0.25, 0.3) is 0 Å². The predicted octanol–water partition coefficient (Wildman–Crippen LogP) is 3.07. The monoisotopic (exact) mass is 277 g/mol. The topological polar surface area (TPSA) is 29.9 Å². The van der Waals surface area contributed by atoms with E-state index >= 15 is 0 Å². The summed E-state index contributed by atoms with van der Waals surface area (Å²) in [6, 6.07) is 1.79. The minimum atomic E-state index is -4.09. The quantitative estimate of drug-likeness (QED) is 0.830. The number of hydrogen-bond donors (Lipinski definition) is 1. The second-order valence-electron chi connectivity index (χ2n) is 4.71. The van der Waals surface area contributed by atoms with Crippen LogP contribution in [0, 0.1) is 6.92 Å². The van der Waals surface area contributed by atoms with Crippen molar-refractivity contribution in [2.45, 2.75) is 58.8 Å². The van der Waals surface area contributed by atoms with Crippen molar-refractivity contribution in [2.75, 3.05) is 6.54 Å². The lowest BCUT2D eigenvalue weighted by atomic mass is 10.1. The van der Waals surface area contributed by atoms with E-state index in [2.05, 4.69) is 10.4 Å². The van der Waals surface area contributed by atoms with Gasteiger partial charge in [0.05, 0.1) is 5.69 Å². The van der Waals surface area contributed by atoms with Crippen molar-refractivity contribution >= 4 is 0 Å². The summed E-state index contributed by atoms with van der Waals surface area (Å²) in [6.45, 7) is 7.19. The number of hydrogen-bond acceptors (Lipinski definition) is 2. The molecular formula is C13H22F3N3. The van der Waals surface area contributed by atoms with Gasteiger partial charge in [-0.1, -0.05) is 6.92 Å². The molecule has 1 aromatic rings. The highest BCUT2D eigenvalue weighted by atomic mass is 19.4. The third-order valence-corrected chi connectivity index (χ3v) is 3.01. The third kappa shape index (κ3) is 5.63. The highest BCUT2D eigenvalue weighted by Crippen LogP contribution is 2.23. The van der Waals surface area contributed by atoms with Gasteiger partial charge in [-0.25, -0.2) is 0 Å². The van der Waals surface area contributed by atoms with Gasteiger partial charge in [-0.2, -0.15) is 18.3 Å². The molecule has 0 aliphatic heterocycles. The van der Waals surface area contributed by atoms with Crippen molar-refractivity contribution in [1.82, 2.24) is 15.1 Å². The summed E-state index contributed by atoms with van der Waals surface area (Å²) in [7, 11) is 0. The molecule has 0 saturated carbocycles. The number of aryl methyl sites for hydroxylation is 2. The minimum absolute atomic E-state index is 0.102. The van der Waals surface area contributed by atoms with Crippen LogP contribution in [0.3, 0.4) is 0 Å². The van der Waals surface area contributed by atoms with Crippen LogP contribution in [0.4, 0.5) is 13.2 Å². The highest BCUT2D eigenvalue weighted by molar-refractivity contribution is 5.10. The molecule has 1 heterocycles. The first kappa shape index (κ1) is 16.0. The summed E-state index contributed by atoms with van der Waals surface area (Å²) in [5.41, 5.74) is 1.90. The Hall–Kier alpha value is -1.04. The number of nitrogens with zero attached hydrogens (tertiary/aromatic N) is 2. The Balaban J connectivity index is 2.66. The number of halogens is 3. The van der Waals surface area contributed by atoms with Crippen molar-refractivity contribution in [1.29, 1.82) is 0 Å². The zero-order chi connectivity index (χ0) is 14.5. The van der Waals surface area contributed by atoms with Gasteiger partial charge in [-0.15, -0.1) is 0 Å². The summed E-state index contributed by atoms with van der Waals surface area (Å²) in [5.74, 6) is 0. The standard InChI is InChI=1S/C13H22F3N3/c1-4-17-11(6-7-13(14,15)16)9-12-8-10(3)18-19(12)5-2/h8,11,17H,4-7,9H2,1-3H3. The van der Waals surface area contributed by atoms with Crippen LogP contribution in [0.5, 0.6) is 0 Å². The minimum Gasteiger partial charge on any atom is -0.314 e. The average Bonchev–Trinajstić information content (AvgIpc) is 2.66. The van der Waals surface area contributed by atoms with Crippen molar-refractivity contribution in [3.05, 3.63) is 17.5 Å². The largest absolute Gasteiger partial charge is 0.389 e. The molecule has 6 heteroatoms. The number of alkyl halides is 3. The summed E-state index contributed by atoms with van der Waals surface area (Å²) in [6.07, 6.45) is -4.15. The van der Waals surface area contributed by atoms with Crippen LogP contribution in [0.15, 0.2) is 6.07 Å². The highest BCUT2D eigenvalue weighted by Gasteiger charge is 2.28. The van der Waals surface area contributed by atoms with E-state index in [1.54, 1.807) is 0 Å². The molecule has 1 rings (SSSR count). The van der Waals surface area contributed by atoms with Gasteiger partial charge < -0.3 is 5.32 Å². The SMILES string of the molecule is CCNC(CCC(F)(F)F)Cc1cc(C)nn1CC. The normalized spacial score (nSPS) is 13.8. The van der Waals surface area contributed by atoms with Gasteiger partial charge in [-0.05, 0) is 32.9 Å².